The second-order valence-electron chi connectivity index (χ2n) is 10.4. The summed E-state index contributed by atoms with van der Waals surface area (Å²) in [6.07, 6.45) is 1.62. The Labute approximate surface area is 244 Å². The van der Waals surface area contributed by atoms with Gasteiger partial charge in [0.2, 0.25) is 0 Å². The lowest BCUT2D eigenvalue weighted by atomic mass is 10.0. The van der Waals surface area contributed by atoms with Gasteiger partial charge in [-0.2, -0.15) is 5.10 Å². The third-order valence-corrected chi connectivity index (χ3v) is 7.47. The molecule has 1 aromatic heterocycles. The second kappa shape index (κ2) is 11.8. The van der Waals surface area contributed by atoms with Crippen LogP contribution in [0.1, 0.15) is 41.2 Å². The number of anilines is 3. The second-order valence-corrected chi connectivity index (χ2v) is 10.4. The van der Waals surface area contributed by atoms with E-state index < -0.39 is 24.5 Å². The van der Waals surface area contributed by atoms with Crippen LogP contribution in [-0.4, -0.2) is 73.4 Å². The molecule has 0 bridgehead atoms. The summed E-state index contributed by atoms with van der Waals surface area (Å²) in [5.74, 6) is -1.67. The van der Waals surface area contributed by atoms with Crippen molar-refractivity contribution in [1.29, 1.82) is 0 Å². The van der Waals surface area contributed by atoms with Gasteiger partial charge in [0.15, 0.2) is 5.82 Å². The van der Waals surface area contributed by atoms with Gasteiger partial charge in [-0.15, -0.1) is 0 Å². The van der Waals surface area contributed by atoms with E-state index in [1.165, 1.54) is 23.1 Å². The van der Waals surface area contributed by atoms with Crippen molar-refractivity contribution in [3.63, 3.8) is 0 Å². The molecule has 0 aliphatic carbocycles. The van der Waals surface area contributed by atoms with E-state index in [2.05, 4.69) is 20.8 Å². The molecule has 2 saturated heterocycles. The van der Waals surface area contributed by atoms with Crippen LogP contribution in [0.25, 0.3) is 10.9 Å². The minimum absolute atomic E-state index is 0.0111. The van der Waals surface area contributed by atoms with E-state index in [0.717, 1.165) is 11.6 Å². The lowest BCUT2D eigenvalue weighted by Gasteiger charge is -2.34. The van der Waals surface area contributed by atoms with Crippen LogP contribution in [0.2, 0.25) is 0 Å². The van der Waals surface area contributed by atoms with Crippen molar-refractivity contribution in [1.82, 2.24) is 15.1 Å². The molecule has 2 fully saturated rings. The Bertz CT molecular complexity index is 1730. The fourth-order valence-corrected chi connectivity index (χ4v) is 5.26. The van der Waals surface area contributed by atoms with Gasteiger partial charge in [0, 0.05) is 72.4 Å². The number of rotatable bonds is 7. The van der Waals surface area contributed by atoms with E-state index in [1.54, 1.807) is 18.2 Å². The Kier molecular flexibility index (Phi) is 6.26. The van der Waals surface area contributed by atoms with E-state index in [1.807, 2.05) is 4.90 Å². The van der Waals surface area contributed by atoms with Gasteiger partial charge in [-0.1, -0.05) is 6.07 Å². The average molecular weight is 566 g/mol. The predicted molar refractivity (Wildman–Crippen MR) is 157 cm³/mol. The van der Waals surface area contributed by atoms with Gasteiger partial charge < -0.3 is 25.2 Å². The first-order valence-electron chi connectivity index (χ1n) is 16.2. The number of halogens is 2. The van der Waals surface area contributed by atoms with Gasteiger partial charge >= 0.3 is 0 Å². The molecular weight excluding hydrogens is 526 g/mol. The van der Waals surface area contributed by atoms with Gasteiger partial charge in [0.1, 0.15) is 11.6 Å². The molecule has 214 valence electrons. The summed E-state index contributed by atoms with van der Waals surface area (Å²) >= 11 is 0. The summed E-state index contributed by atoms with van der Waals surface area (Å²) in [7, 11) is 0. The number of fused-ring (bicyclic) bond motifs is 1. The summed E-state index contributed by atoms with van der Waals surface area (Å²) < 4.78 is 74.1. The normalized spacial score (nSPS) is 18.8. The van der Waals surface area contributed by atoms with Crippen molar-refractivity contribution in [2.24, 2.45) is 0 Å². The molecule has 2 aliphatic rings. The molecule has 3 aromatic carbocycles. The largest absolute Gasteiger partial charge is 0.381 e. The zero-order valence-corrected chi connectivity index (χ0v) is 22.4. The third kappa shape index (κ3) is 6.34. The van der Waals surface area contributed by atoms with Gasteiger partial charge in [0.25, 0.3) is 5.91 Å². The van der Waals surface area contributed by atoms with E-state index in [0.29, 0.717) is 61.3 Å². The zero-order valence-electron chi connectivity index (χ0n) is 27.4. The maximum Gasteiger partial charge on any atom is 0.258 e. The van der Waals surface area contributed by atoms with Crippen LogP contribution in [0, 0.1) is 11.6 Å². The van der Waals surface area contributed by atoms with Crippen molar-refractivity contribution in [2.75, 3.05) is 61.9 Å². The van der Waals surface area contributed by atoms with Gasteiger partial charge in [-0.05, 0) is 79.8 Å². The summed E-state index contributed by atoms with van der Waals surface area (Å²) in [6.45, 7) is 0.00956. The number of carbonyl (C=O) groups is 1. The zero-order chi connectivity index (χ0) is 32.6. The molecule has 10 heteroatoms. The molecular formula is C31H34F2N6O2. The quantitative estimate of drug-likeness (QED) is 0.292. The highest BCUT2D eigenvalue weighted by molar-refractivity contribution is 6.11. The van der Waals surface area contributed by atoms with Crippen molar-refractivity contribution < 1.29 is 25.2 Å². The molecule has 0 saturated carbocycles. The number of H-pyrrole nitrogens is 1. The number of benzene rings is 3. The monoisotopic (exact) mass is 565 g/mol. The van der Waals surface area contributed by atoms with Crippen molar-refractivity contribution in [3.05, 3.63) is 82.9 Å². The lowest BCUT2D eigenvalue weighted by molar-refractivity contribution is 0.0904. The Morgan fingerprint density at radius 3 is 2.63 bits per heavy atom. The van der Waals surface area contributed by atoms with E-state index in [4.69, 9.17) is 11.6 Å². The summed E-state index contributed by atoms with van der Waals surface area (Å²) in [5.41, 5.74) is 2.57. The highest BCUT2D eigenvalue weighted by Crippen LogP contribution is 2.29. The average Bonchev–Trinajstić information content (AvgIpc) is 3.40. The van der Waals surface area contributed by atoms with Crippen molar-refractivity contribution in [2.45, 2.75) is 25.3 Å². The molecule has 0 unspecified atom stereocenters. The van der Waals surface area contributed by atoms with Crippen molar-refractivity contribution >= 4 is 34.0 Å². The number of aromatic amines is 1. The maximum atomic E-state index is 13.9. The molecule has 3 heterocycles. The van der Waals surface area contributed by atoms with Crippen LogP contribution in [0.3, 0.4) is 0 Å². The van der Waals surface area contributed by atoms with E-state index in [-0.39, 0.29) is 54.7 Å². The van der Waals surface area contributed by atoms with Crippen molar-refractivity contribution in [3.8, 4) is 0 Å². The third-order valence-electron chi connectivity index (χ3n) is 7.47. The van der Waals surface area contributed by atoms with Crippen LogP contribution >= 0.6 is 0 Å². The Balaban J connectivity index is 1.30. The van der Waals surface area contributed by atoms with Gasteiger partial charge in [-0.25, -0.2) is 8.78 Å². The Morgan fingerprint density at radius 2 is 1.88 bits per heavy atom. The minimum atomic E-state index is -2.22. The first-order valence-corrected chi connectivity index (χ1v) is 13.7. The number of carbonyl (C=O) groups excluding carboxylic acids is 1. The van der Waals surface area contributed by atoms with Crippen LogP contribution in [0.5, 0.6) is 0 Å². The van der Waals surface area contributed by atoms with Gasteiger partial charge in [0.05, 0.1) is 13.8 Å². The Hall–Kier alpha value is -4.02. The van der Waals surface area contributed by atoms with Gasteiger partial charge in [-0.3, -0.25) is 9.89 Å². The molecule has 4 aromatic rings. The number of aromatic nitrogens is 2. The molecule has 2 aliphatic heterocycles. The molecule has 1 amide bonds. The molecule has 6 rings (SSSR count). The molecule has 0 atom stereocenters. The fourth-order valence-electron chi connectivity index (χ4n) is 5.26. The van der Waals surface area contributed by atoms with E-state index >= 15 is 0 Å². The van der Waals surface area contributed by atoms with Crippen LogP contribution in [0.4, 0.5) is 26.0 Å². The number of nitrogens with zero attached hydrogens (tertiary/aromatic N) is 3. The predicted octanol–water partition coefficient (Wildman–Crippen LogP) is 5.03. The van der Waals surface area contributed by atoms with Crippen LogP contribution in [0.15, 0.2) is 54.5 Å². The molecule has 8 nitrogen and oxygen atoms in total. The highest BCUT2D eigenvalue weighted by Gasteiger charge is 2.22. The lowest BCUT2D eigenvalue weighted by Crippen LogP contribution is -2.44. The number of hydrogen-bond donors (Lipinski definition) is 3. The number of nitrogens with one attached hydrogen (secondary N) is 3. The smallest absolute Gasteiger partial charge is 0.258 e. The first kappa shape index (κ1) is 21.7. The number of piperazine rings is 1. The fraction of sp³-hybridized carbons (Fsp3) is 0.355. The molecule has 3 N–H and O–H groups in total. The summed E-state index contributed by atoms with van der Waals surface area (Å²) in [4.78, 5) is 17.1. The number of likely N-dealkylation sites (N-methyl/N-ethyl adjacent to an activating group) is 1. The van der Waals surface area contributed by atoms with Crippen LogP contribution in [-0.2, 0) is 11.2 Å². The number of amides is 1. The summed E-state index contributed by atoms with van der Waals surface area (Å²) in [5, 5.41) is 14.0. The SMILES string of the molecule is [2H]c1cc(C(=O)Nc2n[nH]c3ccc(Cc4cc(F)cc(F)c4)cc23)c(NC2CCOCC2)c([2H])c1N1CCN(C([2H])([2H])[2H])CC1. The maximum absolute atomic E-state index is 13.9. The summed E-state index contributed by atoms with van der Waals surface area (Å²) in [6, 6.07) is 10.1. The number of ether oxygens (including phenoxy) is 1. The molecule has 41 heavy (non-hydrogen) atoms. The Morgan fingerprint density at radius 1 is 1.10 bits per heavy atom. The van der Waals surface area contributed by atoms with E-state index in [9.17, 15) is 13.6 Å². The highest BCUT2D eigenvalue weighted by atomic mass is 19.1. The van der Waals surface area contributed by atoms with Crippen LogP contribution < -0.4 is 15.5 Å². The standard InChI is InChI=1S/C31H34F2N6O2/c1-38-8-10-39(11-9-38)25-3-4-26(29(19-25)34-24-6-12-41-13-7-24)31(40)35-30-27-17-20(2-5-28(27)36-37-30)14-21-15-22(32)18-23(33)16-21/h2-5,15-19,24,34H,6-14H2,1H3,(H2,35,36,37,40)/i1D3,3D,19D. The number of hydrogen-bond acceptors (Lipinski definition) is 6. The first-order chi connectivity index (χ1) is 22.0. The topological polar surface area (TPSA) is 85.5 Å². The molecule has 0 radical (unpaired) electrons. The minimum Gasteiger partial charge on any atom is -0.381 e. The molecule has 0 spiro atoms.